The van der Waals surface area contributed by atoms with E-state index in [1.807, 2.05) is 0 Å². The van der Waals surface area contributed by atoms with Gasteiger partial charge in [0.05, 0.1) is 5.69 Å². The summed E-state index contributed by atoms with van der Waals surface area (Å²) < 4.78 is 37.8. The van der Waals surface area contributed by atoms with E-state index >= 15 is 0 Å². The molecule has 2 fully saturated rings. The van der Waals surface area contributed by atoms with E-state index in [0.29, 0.717) is 5.56 Å². The maximum atomic E-state index is 13.2. The predicted octanol–water partition coefficient (Wildman–Crippen LogP) is 5.44. The summed E-state index contributed by atoms with van der Waals surface area (Å²) in [6.07, 6.45) is 1.65. The van der Waals surface area contributed by atoms with Gasteiger partial charge in [0.25, 0.3) is 5.91 Å². The van der Waals surface area contributed by atoms with Crippen LogP contribution in [0.1, 0.15) is 32.3 Å². The summed E-state index contributed by atoms with van der Waals surface area (Å²) in [7, 11) is 0. The van der Waals surface area contributed by atoms with E-state index < -0.39 is 23.0 Å². The standard InChI is InChI=1S/C22H20ClF3N4O3S/c1-21(2)19(32)30(14-5-7-15(8-6-14)34-22(24,25)26)20(33)29(21)11-12-9-16(23)27-17(10-12)28-18(31)13-3-4-13/h5-10,13H,3-4,11H2,1-2H3,(H,27,28,31). The van der Waals surface area contributed by atoms with Crippen LogP contribution < -0.4 is 10.2 Å². The molecule has 2 aromatic rings. The number of aromatic nitrogens is 1. The van der Waals surface area contributed by atoms with Crippen molar-refractivity contribution in [1.82, 2.24) is 9.88 Å². The second-order valence-electron chi connectivity index (χ2n) is 8.56. The third kappa shape index (κ3) is 5.15. The Morgan fingerprint density at radius 3 is 2.44 bits per heavy atom. The Bertz CT molecular complexity index is 1150. The monoisotopic (exact) mass is 512 g/mol. The topological polar surface area (TPSA) is 82.6 Å². The van der Waals surface area contributed by atoms with Gasteiger partial charge in [-0.1, -0.05) is 11.6 Å². The second kappa shape index (κ2) is 8.77. The molecule has 0 bridgehead atoms. The number of halogens is 4. The molecule has 0 spiro atoms. The largest absolute Gasteiger partial charge is 0.446 e. The minimum Gasteiger partial charge on any atom is -0.310 e. The summed E-state index contributed by atoms with van der Waals surface area (Å²) in [5.74, 6) is -0.442. The summed E-state index contributed by atoms with van der Waals surface area (Å²) >= 11 is 5.83. The van der Waals surface area contributed by atoms with E-state index in [0.717, 1.165) is 17.7 Å². The Kier molecular flexibility index (Phi) is 6.28. The number of hydrogen-bond acceptors (Lipinski definition) is 5. The summed E-state index contributed by atoms with van der Waals surface area (Å²) in [6, 6.07) is 7.53. The summed E-state index contributed by atoms with van der Waals surface area (Å²) in [5.41, 5.74) is -4.95. The fourth-order valence-electron chi connectivity index (χ4n) is 3.59. The van der Waals surface area contributed by atoms with Crippen LogP contribution in [0.25, 0.3) is 0 Å². The van der Waals surface area contributed by atoms with Gasteiger partial charge < -0.3 is 10.2 Å². The van der Waals surface area contributed by atoms with Gasteiger partial charge in [0.2, 0.25) is 5.91 Å². The number of carbonyl (C=O) groups excluding carboxylic acids is 3. The van der Waals surface area contributed by atoms with Crippen LogP contribution in [-0.4, -0.2) is 38.8 Å². The first-order valence-electron chi connectivity index (χ1n) is 10.3. The van der Waals surface area contributed by atoms with Crippen LogP contribution in [0, 0.1) is 5.92 Å². The third-order valence-electron chi connectivity index (χ3n) is 5.55. The molecule has 4 rings (SSSR count). The van der Waals surface area contributed by atoms with Crippen molar-refractivity contribution in [2.75, 3.05) is 10.2 Å². The zero-order chi connectivity index (χ0) is 24.8. The lowest BCUT2D eigenvalue weighted by Crippen LogP contribution is -2.43. The van der Waals surface area contributed by atoms with Gasteiger partial charge in [-0.25, -0.2) is 14.7 Å². The van der Waals surface area contributed by atoms with Crippen molar-refractivity contribution in [3.63, 3.8) is 0 Å². The first kappa shape index (κ1) is 24.3. The van der Waals surface area contributed by atoms with Gasteiger partial charge in [-0.15, -0.1) is 0 Å². The fourth-order valence-corrected chi connectivity index (χ4v) is 4.36. The molecule has 0 atom stereocenters. The molecule has 2 heterocycles. The highest BCUT2D eigenvalue weighted by Gasteiger charge is 2.51. The summed E-state index contributed by atoms with van der Waals surface area (Å²) in [5, 5.41) is 2.83. The number of imide groups is 1. The number of thioether (sulfide) groups is 1. The van der Waals surface area contributed by atoms with Crippen LogP contribution in [-0.2, 0) is 16.1 Å². The predicted molar refractivity (Wildman–Crippen MR) is 121 cm³/mol. The minimum absolute atomic E-state index is 0.00458. The molecule has 1 N–H and O–H groups in total. The molecular weight excluding hydrogens is 493 g/mol. The minimum atomic E-state index is -4.44. The van der Waals surface area contributed by atoms with E-state index in [1.54, 1.807) is 19.9 Å². The van der Waals surface area contributed by atoms with Gasteiger partial charge in [-0.3, -0.25) is 9.59 Å². The normalized spacial score (nSPS) is 17.9. The molecule has 1 aliphatic carbocycles. The molecule has 0 radical (unpaired) electrons. The molecule has 1 saturated heterocycles. The molecule has 1 saturated carbocycles. The zero-order valence-corrected chi connectivity index (χ0v) is 19.7. The zero-order valence-electron chi connectivity index (χ0n) is 18.1. The van der Waals surface area contributed by atoms with E-state index in [9.17, 15) is 27.6 Å². The second-order valence-corrected chi connectivity index (χ2v) is 10.1. The maximum absolute atomic E-state index is 13.2. The van der Waals surface area contributed by atoms with Crippen LogP contribution in [0.3, 0.4) is 0 Å². The van der Waals surface area contributed by atoms with Gasteiger partial charge in [0.1, 0.15) is 16.5 Å². The van der Waals surface area contributed by atoms with Crippen LogP contribution in [0.4, 0.5) is 29.5 Å². The molecule has 34 heavy (non-hydrogen) atoms. The van der Waals surface area contributed by atoms with Crippen molar-refractivity contribution >= 4 is 52.7 Å². The van der Waals surface area contributed by atoms with E-state index in [-0.39, 0.29) is 51.7 Å². The average molecular weight is 513 g/mol. The van der Waals surface area contributed by atoms with Gasteiger partial charge in [0.15, 0.2) is 0 Å². The molecule has 7 nitrogen and oxygen atoms in total. The lowest BCUT2D eigenvalue weighted by Gasteiger charge is -2.27. The lowest BCUT2D eigenvalue weighted by molar-refractivity contribution is -0.123. The molecule has 4 amide bonds. The van der Waals surface area contributed by atoms with Gasteiger partial charge in [-0.05, 0) is 80.4 Å². The fraction of sp³-hybridized carbons (Fsp3) is 0.364. The number of amides is 4. The van der Waals surface area contributed by atoms with Crippen molar-refractivity contribution in [2.24, 2.45) is 5.92 Å². The smallest absolute Gasteiger partial charge is 0.310 e. The van der Waals surface area contributed by atoms with Gasteiger partial charge in [-0.2, -0.15) is 13.2 Å². The highest BCUT2D eigenvalue weighted by molar-refractivity contribution is 8.00. The van der Waals surface area contributed by atoms with Crippen molar-refractivity contribution in [3.05, 3.63) is 47.1 Å². The van der Waals surface area contributed by atoms with Crippen molar-refractivity contribution in [1.29, 1.82) is 0 Å². The number of benzene rings is 1. The number of alkyl halides is 3. The van der Waals surface area contributed by atoms with Gasteiger partial charge in [0, 0.05) is 17.4 Å². The highest BCUT2D eigenvalue weighted by atomic mass is 35.5. The van der Waals surface area contributed by atoms with E-state index in [1.165, 1.54) is 35.2 Å². The Balaban J connectivity index is 1.55. The number of hydrogen-bond donors (Lipinski definition) is 1. The number of nitrogens with zero attached hydrogens (tertiary/aromatic N) is 3. The number of pyridine rings is 1. The van der Waals surface area contributed by atoms with Crippen molar-refractivity contribution in [2.45, 2.75) is 49.2 Å². The number of anilines is 2. The van der Waals surface area contributed by atoms with E-state index in [2.05, 4.69) is 10.3 Å². The molecule has 0 unspecified atom stereocenters. The molecule has 12 heteroatoms. The SMILES string of the molecule is CC1(C)C(=O)N(c2ccc(SC(F)(F)F)cc2)C(=O)N1Cc1cc(Cl)nc(NC(=O)C2CC2)c1. The van der Waals surface area contributed by atoms with Crippen molar-refractivity contribution < 1.29 is 27.6 Å². The lowest BCUT2D eigenvalue weighted by atomic mass is 10.0. The first-order chi connectivity index (χ1) is 15.8. The van der Waals surface area contributed by atoms with Gasteiger partial charge >= 0.3 is 11.5 Å². The average Bonchev–Trinajstić information content (AvgIpc) is 3.55. The number of carbonyl (C=O) groups is 3. The molecule has 1 aliphatic heterocycles. The molecule has 1 aromatic heterocycles. The summed E-state index contributed by atoms with van der Waals surface area (Å²) in [4.78, 5) is 44.7. The molecular formula is C22H20ClF3N4O3S. The Hall–Kier alpha value is -2.79. The maximum Gasteiger partial charge on any atom is 0.446 e. The quantitative estimate of drug-likeness (QED) is 0.316. The van der Waals surface area contributed by atoms with Crippen LogP contribution in [0.15, 0.2) is 41.3 Å². The highest BCUT2D eigenvalue weighted by Crippen LogP contribution is 2.39. The molecule has 180 valence electrons. The Morgan fingerprint density at radius 2 is 1.85 bits per heavy atom. The van der Waals surface area contributed by atoms with Crippen LogP contribution in [0.5, 0.6) is 0 Å². The van der Waals surface area contributed by atoms with E-state index in [4.69, 9.17) is 11.6 Å². The number of nitrogens with one attached hydrogen (secondary N) is 1. The van der Waals surface area contributed by atoms with Crippen LogP contribution >= 0.6 is 23.4 Å². The summed E-state index contributed by atoms with van der Waals surface area (Å²) in [6.45, 7) is 3.17. The Morgan fingerprint density at radius 1 is 1.21 bits per heavy atom. The molecule has 2 aliphatic rings. The third-order valence-corrected chi connectivity index (χ3v) is 6.48. The number of rotatable bonds is 6. The molecule has 1 aromatic carbocycles. The van der Waals surface area contributed by atoms with Crippen molar-refractivity contribution in [3.8, 4) is 0 Å². The Labute approximate surface area is 202 Å². The number of urea groups is 1. The van der Waals surface area contributed by atoms with Crippen LogP contribution in [0.2, 0.25) is 5.15 Å². The first-order valence-corrected chi connectivity index (χ1v) is 11.5.